The average molecular weight is 329 g/mol. The number of benzene rings is 2. The van der Waals surface area contributed by atoms with Crippen LogP contribution in [0.2, 0.25) is 0 Å². The Morgan fingerprint density at radius 3 is 2.32 bits per heavy atom. The molecule has 2 aromatic carbocycles. The molecule has 5 heteroatoms. The first-order valence-electron chi connectivity index (χ1n) is 8.81. The van der Waals surface area contributed by atoms with Crippen molar-refractivity contribution in [2.45, 2.75) is 19.3 Å². The molecule has 25 heavy (non-hydrogen) atoms. The molecule has 0 unspecified atom stereocenters. The van der Waals surface area contributed by atoms with Crippen molar-refractivity contribution >= 4 is 23.1 Å². The molecule has 0 fully saturated rings. The van der Waals surface area contributed by atoms with Crippen molar-refractivity contribution in [2.75, 3.05) is 22.9 Å². The van der Waals surface area contributed by atoms with Crippen LogP contribution in [-0.2, 0) is 12.8 Å². The highest BCUT2D eigenvalue weighted by Gasteiger charge is 2.24. The van der Waals surface area contributed by atoms with E-state index in [1.54, 1.807) is 6.20 Å². The molecule has 1 aromatic heterocycles. The molecule has 2 aliphatic heterocycles. The lowest BCUT2D eigenvalue weighted by atomic mass is 10.0. The number of hydrogen-bond acceptors (Lipinski definition) is 5. The van der Waals surface area contributed by atoms with E-state index in [-0.39, 0.29) is 0 Å². The van der Waals surface area contributed by atoms with Gasteiger partial charge in [-0.25, -0.2) is 0 Å². The lowest BCUT2D eigenvalue weighted by Gasteiger charge is -2.30. The third kappa shape index (κ3) is 2.43. The molecule has 2 aliphatic rings. The second-order valence-corrected chi connectivity index (χ2v) is 6.53. The van der Waals surface area contributed by atoms with Crippen LogP contribution >= 0.6 is 0 Å². The molecule has 0 radical (unpaired) electrons. The van der Waals surface area contributed by atoms with Crippen molar-refractivity contribution in [2.24, 2.45) is 0 Å². The standard InChI is InChI=1S/C20H19N5/c1-3-9-17-15(6-1)8-5-12-24(17)19-14-21-23-20(22-19)25-13-11-16-7-2-4-10-18(16)25/h1-4,6-7,9-10,14H,5,8,11-13H2. The van der Waals surface area contributed by atoms with Crippen molar-refractivity contribution in [3.8, 4) is 0 Å². The highest BCUT2D eigenvalue weighted by Crippen LogP contribution is 2.35. The van der Waals surface area contributed by atoms with E-state index in [9.17, 15) is 0 Å². The van der Waals surface area contributed by atoms with Crippen molar-refractivity contribution in [1.82, 2.24) is 15.2 Å². The van der Waals surface area contributed by atoms with E-state index in [2.05, 4.69) is 68.5 Å². The Balaban J connectivity index is 1.53. The molecule has 0 bridgehead atoms. The summed E-state index contributed by atoms with van der Waals surface area (Å²) < 4.78 is 0. The molecule has 0 aliphatic carbocycles. The van der Waals surface area contributed by atoms with Gasteiger partial charge in [0.25, 0.3) is 5.95 Å². The van der Waals surface area contributed by atoms with E-state index < -0.39 is 0 Å². The lowest BCUT2D eigenvalue weighted by molar-refractivity contribution is 0.751. The summed E-state index contributed by atoms with van der Waals surface area (Å²) in [6.45, 7) is 1.87. The maximum Gasteiger partial charge on any atom is 0.251 e. The minimum atomic E-state index is 0.686. The van der Waals surface area contributed by atoms with Crippen LogP contribution in [0, 0.1) is 0 Å². The SMILES string of the molecule is c1ccc2c(c1)CCCN2c1cnnc(N2CCc3ccccc32)n1. The fourth-order valence-corrected chi connectivity index (χ4v) is 3.85. The molecule has 0 amide bonds. The van der Waals surface area contributed by atoms with Gasteiger partial charge in [0.1, 0.15) is 0 Å². The summed E-state index contributed by atoms with van der Waals surface area (Å²) in [6, 6.07) is 17.0. The van der Waals surface area contributed by atoms with E-state index in [0.29, 0.717) is 5.95 Å². The van der Waals surface area contributed by atoms with Gasteiger partial charge in [-0.05, 0) is 42.5 Å². The van der Waals surface area contributed by atoms with Gasteiger partial charge in [0, 0.05) is 24.5 Å². The Labute approximate surface area is 147 Å². The fourth-order valence-electron chi connectivity index (χ4n) is 3.85. The number of anilines is 4. The summed E-state index contributed by atoms with van der Waals surface area (Å²) >= 11 is 0. The number of hydrogen-bond donors (Lipinski definition) is 0. The molecule has 124 valence electrons. The molecule has 0 spiro atoms. The second kappa shape index (κ2) is 5.84. The molecule has 3 heterocycles. The van der Waals surface area contributed by atoms with E-state index in [0.717, 1.165) is 38.2 Å². The van der Waals surface area contributed by atoms with Crippen LogP contribution in [0.5, 0.6) is 0 Å². The maximum atomic E-state index is 4.85. The Bertz CT molecular complexity index is 923. The Hall–Kier alpha value is -2.95. The van der Waals surface area contributed by atoms with Crippen LogP contribution < -0.4 is 9.80 Å². The van der Waals surface area contributed by atoms with E-state index in [1.165, 1.54) is 22.5 Å². The molecular weight excluding hydrogens is 310 g/mol. The Morgan fingerprint density at radius 1 is 0.760 bits per heavy atom. The van der Waals surface area contributed by atoms with Crippen LogP contribution in [0.25, 0.3) is 0 Å². The largest absolute Gasteiger partial charge is 0.325 e. The van der Waals surface area contributed by atoms with Gasteiger partial charge in [-0.1, -0.05) is 36.4 Å². The van der Waals surface area contributed by atoms with Gasteiger partial charge in [0.15, 0.2) is 5.82 Å². The van der Waals surface area contributed by atoms with Crippen LogP contribution in [-0.4, -0.2) is 28.3 Å². The predicted molar refractivity (Wildman–Crippen MR) is 98.7 cm³/mol. The molecule has 3 aromatic rings. The smallest absolute Gasteiger partial charge is 0.251 e. The van der Waals surface area contributed by atoms with Crippen LogP contribution in [0.15, 0.2) is 54.7 Å². The topological polar surface area (TPSA) is 45.2 Å². The Morgan fingerprint density at radius 2 is 1.48 bits per heavy atom. The first-order chi connectivity index (χ1) is 12.4. The molecule has 5 nitrogen and oxygen atoms in total. The summed E-state index contributed by atoms with van der Waals surface area (Å²) in [6.07, 6.45) is 5.05. The quantitative estimate of drug-likeness (QED) is 0.718. The summed E-state index contributed by atoms with van der Waals surface area (Å²) in [5.74, 6) is 1.56. The van der Waals surface area contributed by atoms with Crippen LogP contribution in [0.4, 0.5) is 23.1 Å². The maximum absolute atomic E-state index is 4.85. The van der Waals surface area contributed by atoms with Crippen LogP contribution in [0.3, 0.4) is 0 Å². The number of fused-ring (bicyclic) bond motifs is 2. The van der Waals surface area contributed by atoms with Crippen molar-refractivity contribution in [3.05, 3.63) is 65.9 Å². The minimum Gasteiger partial charge on any atom is -0.325 e. The van der Waals surface area contributed by atoms with Gasteiger partial charge in [0.05, 0.1) is 6.20 Å². The highest BCUT2D eigenvalue weighted by molar-refractivity contribution is 5.68. The first-order valence-corrected chi connectivity index (χ1v) is 8.81. The van der Waals surface area contributed by atoms with Crippen LogP contribution in [0.1, 0.15) is 17.5 Å². The van der Waals surface area contributed by atoms with Crippen molar-refractivity contribution < 1.29 is 0 Å². The van der Waals surface area contributed by atoms with Gasteiger partial charge in [-0.15, -0.1) is 5.10 Å². The molecule has 0 atom stereocenters. The average Bonchev–Trinajstić information content (AvgIpc) is 3.12. The zero-order valence-corrected chi connectivity index (χ0v) is 14.0. The molecule has 0 N–H and O–H groups in total. The van der Waals surface area contributed by atoms with E-state index in [1.807, 2.05) is 0 Å². The van der Waals surface area contributed by atoms with Gasteiger partial charge in [-0.2, -0.15) is 10.1 Å². The zero-order chi connectivity index (χ0) is 16.6. The molecule has 0 saturated heterocycles. The zero-order valence-electron chi connectivity index (χ0n) is 14.0. The van der Waals surface area contributed by atoms with E-state index >= 15 is 0 Å². The lowest BCUT2D eigenvalue weighted by Crippen LogP contribution is -2.26. The number of nitrogens with zero attached hydrogens (tertiary/aromatic N) is 5. The number of aryl methyl sites for hydroxylation is 1. The normalized spacial score (nSPS) is 15.8. The summed E-state index contributed by atoms with van der Waals surface area (Å²) in [5, 5.41) is 8.56. The van der Waals surface area contributed by atoms with Gasteiger partial charge in [-0.3, -0.25) is 0 Å². The minimum absolute atomic E-state index is 0.686. The summed E-state index contributed by atoms with van der Waals surface area (Å²) in [4.78, 5) is 9.29. The van der Waals surface area contributed by atoms with Crippen molar-refractivity contribution in [3.63, 3.8) is 0 Å². The van der Waals surface area contributed by atoms with Gasteiger partial charge in [0.2, 0.25) is 0 Å². The summed E-state index contributed by atoms with van der Waals surface area (Å²) in [7, 11) is 0. The third-order valence-corrected chi connectivity index (χ3v) is 5.05. The third-order valence-electron chi connectivity index (χ3n) is 5.05. The number of para-hydroxylation sites is 2. The fraction of sp³-hybridized carbons (Fsp3) is 0.250. The number of rotatable bonds is 2. The monoisotopic (exact) mass is 329 g/mol. The van der Waals surface area contributed by atoms with Gasteiger partial charge < -0.3 is 9.80 Å². The predicted octanol–water partition coefficient (Wildman–Crippen LogP) is 3.65. The second-order valence-electron chi connectivity index (χ2n) is 6.53. The molecule has 0 saturated carbocycles. The van der Waals surface area contributed by atoms with E-state index in [4.69, 9.17) is 4.98 Å². The molecule has 5 rings (SSSR count). The van der Waals surface area contributed by atoms with Crippen molar-refractivity contribution in [1.29, 1.82) is 0 Å². The summed E-state index contributed by atoms with van der Waals surface area (Å²) in [5.41, 5.74) is 5.16. The molecular formula is C20H19N5. The first kappa shape index (κ1) is 14.4. The number of aromatic nitrogens is 3. The Kier molecular flexibility index (Phi) is 3.37. The highest BCUT2D eigenvalue weighted by atomic mass is 15.4. The van der Waals surface area contributed by atoms with Gasteiger partial charge >= 0.3 is 0 Å².